The number of fused-ring (bicyclic) bond motifs is 1. The highest BCUT2D eigenvalue weighted by Gasteiger charge is 2.42. The molecule has 2 heterocycles. The van der Waals surface area contributed by atoms with Crippen molar-refractivity contribution in [3.63, 3.8) is 0 Å². The molecule has 0 amide bonds. The van der Waals surface area contributed by atoms with Crippen LogP contribution in [0.5, 0.6) is 0 Å². The minimum Gasteiger partial charge on any atom is -0.480 e. The number of hydrogen-bond acceptors (Lipinski definition) is 7. The summed E-state index contributed by atoms with van der Waals surface area (Å²) in [5.74, 6) is -0.857. The van der Waals surface area contributed by atoms with Crippen LogP contribution in [0.1, 0.15) is 31.4 Å². The average Bonchev–Trinajstić information content (AvgIpc) is 3.54. The van der Waals surface area contributed by atoms with Crippen LogP contribution < -0.4 is 10.6 Å². The highest BCUT2D eigenvalue weighted by Crippen LogP contribution is 2.32. The van der Waals surface area contributed by atoms with E-state index in [1.54, 1.807) is 12.1 Å². The van der Waals surface area contributed by atoms with Crippen LogP contribution in [-0.4, -0.2) is 31.7 Å². The number of aromatic nitrogens is 2. The smallest absolute Gasteiger partial charge is 0.329 e. The van der Waals surface area contributed by atoms with Crippen molar-refractivity contribution < 1.29 is 18.8 Å². The third-order valence-corrected chi connectivity index (χ3v) is 6.97. The fourth-order valence-corrected chi connectivity index (χ4v) is 5.17. The maximum Gasteiger partial charge on any atom is 0.329 e. The molecule has 4 aromatic rings. The lowest BCUT2D eigenvalue weighted by atomic mass is 9.98. The molecule has 0 unspecified atom stereocenters. The number of anilines is 2. The fourth-order valence-electron chi connectivity index (χ4n) is 3.97. The Balaban J connectivity index is 1.28. The van der Waals surface area contributed by atoms with Gasteiger partial charge in [0, 0.05) is 17.3 Å². The molecule has 2 aromatic carbocycles. The molecule has 3 N–H and O–H groups in total. The lowest BCUT2D eigenvalue weighted by Gasteiger charge is -2.25. The summed E-state index contributed by atoms with van der Waals surface area (Å²) in [6.45, 7) is 0. The van der Waals surface area contributed by atoms with Gasteiger partial charge in [0.25, 0.3) is 0 Å². The van der Waals surface area contributed by atoms with E-state index >= 15 is 0 Å². The van der Waals surface area contributed by atoms with Crippen LogP contribution in [0, 0.1) is 5.82 Å². The molecule has 2 aromatic heterocycles. The summed E-state index contributed by atoms with van der Waals surface area (Å²) in [4.78, 5) is 16.5. The van der Waals surface area contributed by atoms with E-state index in [4.69, 9.17) is 16.7 Å². The first-order chi connectivity index (χ1) is 15.9. The van der Waals surface area contributed by atoms with Crippen LogP contribution in [0.4, 0.5) is 15.2 Å². The summed E-state index contributed by atoms with van der Waals surface area (Å²) in [7, 11) is 0. The Kier molecular flexibility index (Phi) is 5.55. The van der Waals surface area contributed by atoms with Gasteiger partial charge in [-0.1, -0.05) is 53.7 Å². The van der Waals surface area contributed by atoms with E-state index in [1.165, 1.54) is 23.5 Å². The second kappa shape index (κ2) is 8.53. The summed E-state index contributed by atoms with van der Waals surface area (Å²) in [6, 6.07) is 13.7. The number of carboxylic acid groups (broad SMARTS) is 1. The molecule has 7 nitrogen and oxygen atoms in total. The van der Waals surface area contributed by atoms with Crippen molar-refractivity contribution in [3.8, 4) is 11.3 Å². The van der Waals surface area contributed by atoms with Crippen molar-refractivity contribution in [2.24, 2.45) is 0 Å². The van der Waals surface area contributed by atoms with Crippen molar-refractivity contribution >= 4 is 55.5 Å². The summed E-state index contributed by atoms with van der Waals surface area (Å²) in [5.41, 5.74) is 1.93. The van der Waals surface area contributed by atoms with Gasteiger partial charge in [-0.3, -0.25) is 0 Å². The quantitative estimate of drug-likeness (QED) is 0.310. The normalized spacial score (nSPS) is 14.9. The average molecular weight is 483 g/mol. The number of nitrogens with one attached hydrogen (secondary N) is 2. The van der Waals surface area contributed by atoms with E-state index in [1.807, 2.05) is 24.3 Å². The van der Waals surface area contributed by atoms with Crippen molar-refractivity contribution in [3.05, 3.63) is 60.1 Å². The maximum absolute atomic E-state index is 13.4. The minimum atomic E-state index is -1.04. The van der Waals surface area contributed by atoms with Gasteiger partial charge < -0.3 is 20.3 Å². The topological polar surface area (TPSA) is 100 Å². The van der Waals surface area contributed by atoms with E-state index in [9.17, 15) is 14.3 Å². The Morgan fingerprint density at radius 1 is 1.15 bits per heavy atom. The Hall–Kier alpha value is -3.37. The zero-order valence-electron chi connectivity index (χ0n) is 17.3. The molecule has 1 saturated carbocycles. The molecule has 168 valence electrons. The molecule has 0 spiro atoms. The Morgan fingerprint density at radius 3 is 2.64 bits per heavy atom. The van der Waals surface area contributed by atoms with Gasteiger partial charge in [0.2, 0.25) is 0 Å². The van der Waals surface area contributed by atoms with Crippen molar-refractivity contribution in [2.75, 3.05) is 5.32 Å². The molecule has 0 bridgehead atoms. The predicted octanol–water partition coefficient (Wildman–Crippen LogP) is 5.50. The largest absolute Gasteiger partial charge is 0.480 e. The van der Waals surface area contributed by atoms with Gasteiger partial charge in [-0.05, 0) is 43.2 Å². The van der Waals surface area contributed by atoms with Crippen LogP contribution in [0.2, 0.25) is 0 Å². The first-order valence-corrected chi connectivity index (χ1v) is 11.6. The van der Waals surface area contributed by atoms with Gasteiger partial charge in [-0.2, -0.15) is 0 Å². The van der Waals surface area contributed by atoms with Crippen molar-refractivity contribution in [2.45, 2.75) is 31.2 Å². The third-order valence-electron chi connectivity index (χ3n) is 5.74. The fraction of sp³-hybridized carbons (Fsp3) is 0.217. The number of carboxylic acids is 1. The molecule has 33 heavy (non-hydrogen) atoms. The van der Waals surface area contributed by atoms with Crippen LogP contribution in [0.15, 0.2) is 53.1 Å². The molecule has 5 rings (SSSR count). The molecule has 0 saturated heterocycles. The number of benzene rings is 2. The molecular formula is C23H19FN4O3S2. The van der Waals surface area contributed by atoms with Gasteiger partial charge in [-0.25, -0.2) is 14.2 Å². The highest BCUT2D eigenvalue weighted by atomic mass is 32.1. The van der Waals surface area contributed by atoms with Crippen LogP contribution in [0.25, 0.3) is 21.5 Å². The van der Waals surface area contributed by atoms with Crippen LogP contribution >= 0.6 is 23.6 Å². The van der Waals surface area contributed by atoms with E-state index < -0.39 is 11.5 Å². The molecule has 0 radical (unpaired) electrons. The monoisotopic (exact) mass is 482 g/mol. The zero-order chi connectivity index (χ0) is 23.0. The number of thiazole rings is 1. The van der Waals surface area contributed by atoms with Gasteiger partial charge >= 0.3 is 5.97 Å². The second-order valence-electron chi connectivity index (χ2n) is 7.96. The zero-order valence-corrected chi connectivity index (χ0v) is 18.9. The summed E-state index contributed by atoms with van der Waals surface area (Å²) in [6.07, 6.45) is 2.75. The lowest BCUT2D eigenvalue weighted by Crippen LogP contribution is -2.52. The standard InChI is InChI=1S/C23H19FN4O3S2/c24-14-5-8-16-19(11-14)33-22(26-16)25-15-6-3-13(4-7-15)17-12-18(31-28-17)20(32)27-23(21(29)30)9-1-2-10-23/h3-8,11-12H,1-2,9-10H2,(H,25,26)(H,27,32)(H,29,30). The number of halogens is 1. The molecule has 0 aliphatic heterocycles. The van der Waals surface area contributed by atoms with E-state index in [0.29, 0.717) is 29.4 Å². The molecule has 1 fully saturated rings. The van der Waals surface area contributed by atoms with Crippen molar-refractivity contribution in [1.82, 2.24) is 15.5 Å². The first-order valence-electron chi connectivity index (χ1n) is 10.4. The Morgan fingerprint density at radius 2 is 1.91 bits per heavy atom. The summed E-state index contributed by atoms with van der Waals surface area (Å²) < 4.78 is 19.6. The summed E-state index contributed by atoms with van der Waals surface area (Å²) >= 11 is 6.77. The minimum absolute atomic E-state index is 0.239. The van der Waals surface area contributed by atoms with Gasteiger partial charge in [0.05, 0.1) is 10.2 Å². The number of nitrogens with zero attached hydrogens (tertiary/aromatic N) is 2. The number of rotatable bonds is 6. The van der Waals surface area contributed by atoms with Crippen LogP contribution in [0.3, 0.4) is 0 Å². The van der Waals surface area contributed by atoms with E-state index in [-0.39, 0.29) is 10.8 Å². The van der Waals surface area contributed by atoms with Crippen LogP contribution in [-0.2, 0) is 4.79 Å². The Labute approximate surface area is 197 Å². The number of thiocarbonyl (C=S) groups is 1. The number of carbonyl (C=O) groups is 1. The Bertz CT molecular complexity index is 1340. The molecule has 1 aliphatic rings. The third kappa shape index (κ3) is 4.31. The van der Waals surface area contributed by atoms with Crippen molar-refractivity contribution in [1.29, 1.82) is 0 Å². The van der Waals surface area contributed by atoms with E-state index in [0.717, 1.165) is 34.3 Å². The highest BCUT2D eigenvalue weighted by molar-refractivity contribution is 7.80. The SMILES string of the molecule is O=C(O)C1(NC(=S)c2cc(-c3ccc(Nc4nc5ccc(F)cc5s4)cc3)no2)CCCC1. The molecule has 0 atom stereocenters. The maximum atomic E-state index is 13.4. The molecule has 10 heteroatoms. The van der Waals surface area contributed by atoms with Gasteiger partial charge in [0.15, 0.2) is 10.9 Å². The van der Waals surface area contributed by atoms with E-state index in [2.05, 4.69) is 20.8 Å². The first kappa shape index (κ1) is 21.5. The molecule has 1 aliphatic carbocycles. The second-order valence-corrected chi connectivity index (χ2v) is 9.40. The molecular weight excluding hydrogens is 463 g/mol. The van der Waals surface area contributed by atoms with Gasteiger partial charge in [0.1, 0.15) is 22.0 Å². The summed E-state index contributed by atoms with van der Waals surface area (Å²) in [5, 5.41) is 20.6. The van der Waals surface area contributed by atoms with Gasteiger partial charge in [-0.15, -0.1) is 0 Å². The predicted molar refractivity (Wildman–Crippen MR) is 128 cm³/mol. The number of aliphatic carboxylic acids is 1. The number of hydrogen-bond donors (Lipinski definition) is 3. The lowest BCUT2D eigenvalue weighted by molar-refractivity contribution is -0.143.